The summed E-state index contributed by atoms with van der Waals surface area (Å²) in [6, 6.07) is 10.6. The molecule has 0 amide bonds. The van der Waals surface area contributed by atoms with Crippen molar-refractivity contribution in [3.05, 3.63) is 71.8 Å². The van der Waals surface area contributed by atoms with E-state index in [1.54, 1.807) is 0 Å². The third kappa shape index (κ3) is 1.80. The van der Waals surface area contributed by atoms with Gasteiger partial charge >= 0.3 is 0 Å². The van der Waals surface area contributed by atoms with E-state index in [0.717, 1.165) is 12.0 Å². The molecule has 0 heteroatoms. The van der Waals surface area contributed by atoms with Crippen LogP contribution >= 0.6 is 0 Å². The molecule has 0 aliphatic heterocycles. The summed E-state index contributed by atoms with van der Waals surface area (Å²) in [6.07, 6.45) is 3.31. The van der Waals surface area contributed by atoms with Gasteiger partial charge in [-0.25, -0.2) is 0 Å². The van der Waals surface area contributed by atoms with Gasteiger partial charge in [0.1, 0.15) is 0 Å². The van der Waals surface area contributed by atoms with Crippen LogP contribution in [0.25, 0.3) is 0 Å². The van der Waals surface area contributed by atoms with Crippen LogP contribution in [0.4, 0.5) is 0 Å². The molecule has 0 radical (unpaired) electrons. The zero-order valence-electron chi connectivity index (χ0n) is 9.16. The first-order valence-corrected chi connectivity index (χ1v) is 5.30. The molecule has 0 bridgehead atoms. The van der Waals surface area contributed by atoms with Crippen LogP contribution in [0.5, 0.6) is 0 Å². The molecule has 76 valence electrons. The average Bonchev–Trinajstić information content (AvgIpc) is 2.61. The third-order valence-electron chi connectivity index (χ3n) is 2.99. The lowest BCUT2D eigenvalue weighted by Gasteiger charge is -2.14. The summed E-state index contributed by atoms with van der Waals surface area (Å²) in [5.41, 5.74) is 4.95. The van der Waals surface area contributed by atoms with Gasteiger partial charge < -0.3 is 0 Å². The number of hydrogen-bond acceptors (Lipinski definition) is 0. The molecule has 1 atom stereocenters. The number of rotatable bonds is 2. The Hall–Kier alpha value is -1.56. The summed E-state index contributed by atoms with van der Waals surface area (Å²) in [5.74, 6) is 0.456. The Morgan fingerprint density at radius 1 is 1.27 bits per heavy atom. The van der Waals surface area contributed by atoms with Gasteiger partial charge in [0, 0.05) is 5.92 Å². The van der Waals surface area contributed by atoms with E-state index >= 15 is 0 Å². The molecule has 0 fully saturated rings. The van der Waals surface area contributed by atoms with E-state index < -0.39 is 0 Å². The summed E-state index contributed by atoms with van der Waals surface area (Å²) >= 11 is 0. The SMILES string of the molecule is C=C(C)C1=CCC(c2ccccc2)C1=C. The van der Waals surface area contributed by atoms with E-state index in [1.165, 1.54) is 16.7 Å². The van der Waals surface area contributed by atoms with Crippen molar-refractivity contribution < 1.29 is 0 Å². The van der Waals surface area contributed by atoms with Gasteiger partial charge in [-0.05, 0) is 30.1 Å². The van der Waals surface area contributed by atoms with Crippen LogP contribution in [0.1, 0.15) is 24.8 Å². The molecular weight excluding hydrogens is 180 g/mol. The Balaban J connectivity index is 2.25. The lowest BCUT2D eigenvalue weighted by molar-refractivity contribution is 0.864. The average molecular weight is 196 g/mol. The Kier molecular flexibility index (Phi) is 2.59. The second-order valence-corrected chi connectivity index (χ2v) is 4.12. The van der Waals surface area contributed by atoms with Crippen molar-refractivity contribution in [2.45, 2.75) is 19.3 Å². The minimum atomic E-state index is 0.456. The lowest BCUT2D eigenvalue weighted by Crippen LogP contribution is -1.97. The topological polar surface area (TPSA) is 0 Å². The molecule has 2 rings (SSSR count). The van der Waals surface area contributed by atoms with Crippen molar-refractivity contribution in [1.82, 2.24) is 0 Å². The largest absolute Gasteiger partial charge is 0.0955 e. The van der Waals surface area contributed by atoms with Gasteiger partial charge in [-0.1, -0.05) is 55.1 Å². The molecule has 1 aromatic rings. The predicted octanol–water partition coefficient (Wildman–Crippen LogP) is 4.23. The van der Waals surface area contributed by atoms with Crippen LogP contribution in [-0.4, -0.2) is 0 Å². The molecule has 1 unspecified atom stereocenters. The highest BCUT2D eigenvalue weighted by Gasteiger charge is 2.22. The maximum Gasteiger partial charge on any atom is 0.0124 e. The zero-order valence-corrected chi connectivity index (χ0v) is 9.16. The summed E-state index contributed by atoms with van der Waals surface area (Å²) in [5, 5.41) is 0. The van der Waals surface area contributed by atoms with E-state index in [2.05, 4.69) is 43.5 Å². The summed E-state index contributed by atoms with van der Waals surface area (Å²) in [7, 11) is 0. The van der Waals surface area contributed by atoms with Crippen LogP contribution in [0, 0.1) is 0 Å². The summed E-state index contributed by atoms with van der Waals surface area (Å²) < 4.78 is 0. The van der Waals surface area contributed by atoms with Crippen molar-refractivity contribution in [3.63, 3.8) is 0 Å². The smallest absolute Gasteiger partial charge is 0.0124 e. The predicted molar refractivity (Wildman–Crippen MR) is 65.8 cm³/mol. The van der Waals surface area contributed by atoms with Crippen molar-refractivity contribution in [2.24, 2.45) is 0 Å². The Labute approximate surface area is 91.6 Å². The molecule has 0 heterocycles. The molecule has 0 spiro atoms. The van der Waals surface area contributed by atoms with E-state index in [9.17, 15) is 0 Å². The minimum absolute atomic E-state index is 0.456. The number of benzene rings is 1. The van der Waals surface area contributed by atoms with Gasteiger partial charge in [0.05, 0.1) is 0 Å². The van der Waals surface area contributed by atoms with E-state index in [4.69, 9.17) is 0 Å². The Morgan fingerprint density at radius 2 is 1.93 bits per heavy atom. The second-order valence-electron chi connectivity index (χ2n) is 4.12. The molecule has 0 nitrogen and oxygen atoms in total. The van der Waals surface area contributed by atoms with Crippen LogP contribution in [0.2, 0.25) is 0 Å². The first-order valence-electron chi connectivity index (χ1n) is 5.30. The first-order chi connectivity index (χ1) is 7.20. The van der Waals surface area contributed by atoms with Gasteiger partial charge in [0.2, 0.25) is 0 Å². The van der Waals surface area contributed by atoms with Gasteiger partial charge in [-0.2, -0.15) is 0 Å². The van der Waals surface area contributed by atoms with Crippen molar-refractivity contribution in [2.75, 3.05) is 0 Å². The number of hydrogen-bond donors (Lipinski definition) is 0. The molecule has 0 saturated heterocycles. The maximum absolute atomic E-state index is 4.19. The summed E-state index contributed by atoms with van der Waals surface area (Å²) in [6.45, 7) is 10.2. The number of allylic oxidation sites excluding steroid dienone is 4. The maximum atomic E-state index is 4.19. The van der Waals surface area contributed by atoms with Crippen molar-refractivity contribution >= 4 is 0 Å². The Morgan fingerprint density at radius 3 is 2.47 bits per heavy atom. The van der Waals surface area contributed by atoms with E-state index in [1.807, 2.05) is 13.0 Å². The van der Waals surface area contributed by atoms with Crippen LogP contribution in [0.3, 0.4) is 0 Å². The highest BCUT2D eigenvalue weighted by Crippen LogP contribution is 2.40. The normalized spacial score (nSPS) is 20.2. The zero-order chi connectivity index (χ0) is 10.8. The fourth-order valence-electron chi connectivity index (χ4n) is 2.17. The highest BCUT2D eigenvalue weighted by molar-refractivity contribution is 5.52. The highest BCUT2D eigenvalue weighted by atomic mass is 14.3. The monoisotopic (exact) mass is 196 g/mol. The minimum Gasteiger partial charge on any atom is -0.0955 e. The van der Waals surface area contributed by atoms with Gasteiger partial charge in [-0.15, -0.1) is 0 Å². The van der Waals surface area contributed by atoms with Crippen LogP contribution < -0.4 is 0 Å². The molecule has 1 aliphatic carbocycles. The standard InChI is InChI=1S/C15H16/c1-11(2)14-9-10-15(12(14)3)13-7-5-4-6-8-13/h4-9,15H,1,3,10H2,2H3. The molecule has 1 aliphatic rings. The van der Waals surface area contributed by atoms with Crippen LogP contribution in [0.15, 0.2) is 66.3 Å². The van der Waals surface area contributed by atoms with Crippen molar-refractivity contribution in [1.29, 1.82) is 0 Å². The Bertz CT molecular complexity index is 421. The quantitative estimate of drug-likeness (QED) is 0.664. The van der Waals surface area contributed by atoms with Crippen LogP contribution in [-0.2, 0) is 0 Å². The molecule has 0 N–H and O–H groups in total. The van der Waals surface area contributed by atoms with Gasteiger partial charge in [0.15, 0.2) is 0 Å². The fraction of sp³-hybridized carbons (Fsp3) is 0.200. The van der Waals surface area contributed by atoms with Crippen molar-refractivity contribution in [3.8, 4) is 0 Å². The molecule has 0 saturated carbocycles. The second kappa shape index (κ2) is 3.90. The van der Waals surface area contributed by atoms with Gasteiger partial charge in [0.25, 0.3) is 0 Å². The molecule has 1 aromatic carbocycles. The molecule has 15 heavy (non-hydrogen) atoms. The first kappa shape index (κ1) is 9.97. The third-order valence-corrected chi connectivity index (χ3v) is 2.99. The lowest BCUT2D eigenvalue weighted by atomic mass is 9.90. The fourth-order valence-corrected chi connectivity index (χ4v) is 2.17. The molecular formula is C15H16. The van der Waals surface area contributed by atoms with Gasteiger partial charge in [-0.3, -0.25) is 0 Å². The molecule has 0 aromatic heterocycles. The summed E-state index contributed by atoms with van der Waals surface area (Å²) in [4.78, 5) is 0. The van der Waals surface area contributed by atoms with E-state index in [-0.39, 0.29) is 0 Å². The van der Waals surface area contributed by atoms with E-state index in [0.29, 0.717) is 5.92 Å².